The lowest BCUT2D eigenvalue weighted by atomic mass is 9.90. The number of anilines is 1. The van der Waals surface area contributed by atoms with Gasteiger partial charge in [0.2, 0.25) is 0 Å². The fourth-order valence-corrected chi connectivity index (χ4v) is 3.57. The number of nitrogens with one attached hydrogen (secondary N) is 1. The first kappa shape index (κ1) is 24.0. The van der Waals surface area contributed by atoms with Crippen LogP contribution >= 0.6 is 0 Å². The molecule has 0 saturated carbocycles. The SMILES string of the molecule is O=C(Nc1ccc(OC(F)(F)F)cc1)N1CC(c2ccccc2)C(c2ccc(OC(F)F)cc2)=N1. The summed E-state index contributed by atoms with van der Waals surface area (Å²) in [6.45, 7) is -2.76. The summed E-state index contributed by atoms with van der Waals surface area (Å²) >= 11 is 0. The standard InChI is InChI=1S/C24H18F5N3O3/c25-22(26)34-18-10-6-16(7-11-18)21-20(15-4-2-1-3-5-15)14-32(31-21)23(33)30-17-8-12-19(13-9-17)35-24(27,28)29/h1-13,20,22H,14H2,(H,30,33). The van der Waals surface area contributed by atoms with Crippen LogP contribution in [0.3, 0.4) is 0 Å². The summed E-state index contributed by atoms with van der Waals surface area (Å²) in [5, 5.41) is 8.24. The number of amides is 2. The molecule has 4 rings (SSSR count). The smallest absolute Gasteiger partial charge is 0.435 e. The van der Waals surface area contributed by atoms with Crippen LogP contribution < -0.4 is 14.8 Å². The molecule has 11 heteroatoms. The van der Waals surface area contributed by atoms with E-state index in [1.165, 1.54) is 29.3 Å². The highest BCUT2D eigenvalue weighted by Crippen LogP contribution is 2.30. The zero-order valence-corrected chi connectivity index (χ0v) is 17.9. The molecule has 0 saturated heterocycles. The van der Waals surface area contributed by atoms with E-state index in [9.17, 15) is 26.7 Å². The second-order valence-corrected chi connectivity index (χ2v) is 7.44. The van der Waals surface area contributed by atoms with Crippen LogP contribution in [0.5, 0.6) is 11.5 Å². The predicted molar refractivity (Wildman–Crippen MR) is 118 cm³/mol. The lowest BCUT2D eigenvalue weighted by Gasteiger charge is -2.16. The van der Waals surface area contributed by atoms with Crippen molar-refractivity contribution >= 4 is 17.4 Å². The van der Waals surface area contributed by atoms with Crippen LogP contribution in [0.4, 0.5) is 32.4 Å². The van der Waals surface area contributed by atoms with Gasteiger partial charge in [0, 0.05) is 11.6 Å². The normalized spacial score (nSPS) is 15.7. The van der Waals surface area contributed by atoms with Crippen molar-refractivity contribution in [1.82, 2.24) is 5.01 Å². The van der Waals surface area contributed by atoms with Gasteiger partial charge in [0.15, 0.2) is 0 Å². The molecule has 182 valence electrons. The van der Waals surface area contributed by atoms with Gasteiger partial charge in [0.25, 0.3) is 0 Å². The predicted octanol–water partition coefficient (Wildman–Crippen LogP) is 6.22. The van der Waals surface area contributed by atoms with Crippen LogP contribution in [0.1, 0.15) is 17.0 Å². The molecule has 3 aromatic rings. The van der Waals surface area contributed by atoms with Gasteiger partial charge in [-0.3, -0.25) is 0 Å². The summed E-state index contributed by atoms with van der Waals surface area (Å²) in [6.07, 6.45) is -4.82. The minimum Gasteiger partial charge on any atom is -0.435 e. The van der Waals surface area contributed by atoms with E-state index in [1.807, 2.05) is 30.3 Å². The highest BCUT2D eigenvalue weighted by molar-refractivity contribution is 6.07. The Labute approximate surface area is 196 Å². The number of carbonyl (C=O) groups is 1. The summed E-state index contributed by atoms with van der Waals surface area (Å²) in [4.78, 5) is 12.9. The molecule has 1 unspecified atom stereocenters. The number of ether oxygens (including phenoxy) is 2. The Kier molecular flexibility index (Phi) is 6.85. The molecule has 0 aromatic heterocycles. The molecular formula is C24H18F5N3O3. The maximum absolute atomic E-state index is 12.9. The molecule has 0 fully saturated rings. The maximum Gasteiger partial charge on any atom is 0.573 e. The molecule has 0 aliphatic carbocycles. The summed E-state index contributed by atoms with van der Waals surface area (Å²) in [5.41, 5.74) is 2.30. The monoisotopic (exact) mass is 491 g/mol. The van der Waals surface area contributed by atoms with Gasteiger partial charge in [-0.1, -0.05) is 30.3 Å². The molecule has 1 aliphatic rings. The van der Waals surface area contributed by atoms with Crippen molar-refractivity contribution < 1.29 is 36.2 Å². The van der Waals surface area contributed by atoms with Crippen LogP contribution in [0.15, 0.2) is 84.0 Å². The van der Waals surface area contributed by atoms with Gasteiger partial charge in [0.1, 0.15) is 11.5 Å². The average Bonchev–Trinajstić information content (AvgIpc) is 3.26. The van der Waals surface area contributed by atoms with Crippen molar-refractivity contribution in [3.8, 4) is 11.5 Å². The number of hydrogen-bond acceptors (Lipinski definition) is 4. The number of carbonyl (C=O) groups excluding carboxylic acids is 1. The van der Waals surface area contributed by atoms with Gasteiger partial charge in [-0.05, 0) is 59.7 Å². The summed E-state index contributed by atoms with van der Waals surface area (Å²) in [6, 6.07) is 19.4. The Morgan fingerprint density at radius 3 is 2.17 bits per heavy atom. The van der Waals surface area contributed by atoms with Gasteiger partial charge in [-0.25, -0.2) is 9.80 Å². The minimum absolute atomic E-state index is 0.00819. The van der Waals surface area contributed by atoms with Crippen LogP contribution in [0.2, 0.25) is 0 Å². The van der Waals surface area contributed by atoms with E-state index in [0.29, 0.717) is 11.3 Å². The zero-order chi connectivity index (χ0) is 25.0. The number of benzene rings is 3. The summed E-state index contributed by atoms with van der Waals surface area (Å²) in [7, 11) is 0. The molecule has 1 aliphatic heterocycles. The highest BCUT2D eigenvalue weighted by Gasteiger charge is 2.33. The van der Waals surface area contributed by atoms with Crippen molar-refractivity contribution in [3.63, 3.8) is 0 Å². The molecule has 3 aromatic carbocycles. The van der Waals surface area contributed by atoms with Crippen molar-refractivity contribution in [2.24, 2.45) is 5.10 Å². The quantitative estimate of drug-likeness (QED) is 0.417. The molecule has 6 nitrogen and oxygen atoms in total. The molecule has 0 radical (unpaired) electrons. The third-order valence-electron chi connectivity index (χ3n) is 5.06. The van der Waals surface area contributed by atoms with Crippen molar-refractivity contribution in [2.45, 2.75) is 18.9 Å². The first-order chi connectivity index (χ1) is 16.7. The number of halogens is 5. The van der Waals surface area contributed by atoms with Gasteiger partial charge >= 0.3 is 19.0 Å². The van der Waals surface area contributed by atoms with Crippen LogP contribution in [0, 0.1) is 0 Å². The molecule has 35 heavy (non-hydrogen) atoms. The second kappa shape index (κ2) is 10.00. The number of alkyl halides is 5. The molecule has 1 N–H and O–H groups in total. The van der Waals surface area contributed by atoms with E-state index in [-0.39, 0.29) is 23.9 Å². The minimum atomic E-state index is -4.82. The Morgan fingerprint density at radius 2 is 1.57 bits per heavy atom. The van der Waals surface area contributed by atoms with Gasteiger partial charge < -0.3 is 14.8 Å². The van der Waals surface area contributed by atoms with Crippen molar-refractivity contribution in [1.29, 1.82) is 0 Å². The Bertz CT molecular complexity index is 1180. The van der Waals surface area contributed by atoms with E-state index < -0.39 is 24.8 Å². The Morgan fingerprint density at radius 1 is 0.943 bits per heavy atom. The lowest BCUT2D eigenvalue weighted by Crippen LogP contribution is -2.30. The topological polar surface area (TPSA) is 63.2 Å². The van der Waals surface area contributed by atoms with Gasteiger partial charge in [-0.15, -0.1) is 13.2 Å². The fraction of sp³-hybridized carbons (Fsp3) is 0.167. The zero-order valence-electron chi connectivity index (χ0n) is 17.9. The van der Waals surface area contributed by atoms with Gasteiger partial charge in [0.05, 0.1) is 12.3 Å². The maximum atomic E-state index is 12.9. The highest BCUT2D eigenvalue weighted by atomic mass is 19.4. The molecule has 0 bridgehead atoms. The van der Waals surface area contributed by atoms with E-state index in [1.54, 1.807) is 12.1 Å². The molecule has 1 heterocycles. The summed E-state index contributed by atoms with van der Waals surface area (Å²) < 4.78 is 70.1. The third-order valence-corrected chi connectivity index (χ3v) is 5.06. The number of rotatable bonds is 6. The molecule has 2 amide bonds. The van der Waals surface area contributed by atoms with Crippen molar-refractivity contribution in [2.75, 3.05) is 11.9 Å². The van der Waals surface area contributed by atoms with Crippen LogP contribution in [-0.2, 0) is 0 Å². The van der Waals surface area contributed by atoms with Crippen LogP contribution in [0.25, 0.3) is 0 Å². The van der Waals surface area contributed by atoms with E-state index in [4.69, 9.17) is 0 Å². The summed E-state index contributed by atoms with van der Waals surface area (Å²) in [5.74, 6) is -0.724. The van der Waals surface area contributed by atoms with Gasteiger partial charge in [-0.2, -0.15) is 13.9 Å². The number of hydrazone groups is 1. The fourth-order valence-electron chi connectivity index (χ4n) is 3.57. The largest absolute Gasteiger partial charge is 0.573 e. The first-order valence-electron chi connectivity index (χ1n) is 10.3. The second-order valence-electron chi connectivity index (χ2n) is 7.44. The Balaban J connectivity index is 1.53. The van der Waals surface area contributed by atoms with Crippen LogP contribution in [-0.4, -0.2) is 36.3 Å². The van der Waals surface area contributed by atoms with E-state index in [0.717, 1.165) is 17.7 Å². The average molecular weight is 491 g/mol. The molecular weight excluding hydrogens is 473 g/mol. The first-order valence-corrected chi connectivity index (χ1v) is 10.3. The lowest BCUT2D eigenvalue weighted by molar-refractivity contribution is -0.274. The molecule has 0 spiro atoms. The number of hydrogen-bond donors (Lipinski definition) is 1. The van der Waals surface area contributed by atoms with E-state index >= 15 is 0 Å². The third kappa shape index (κ3) is 6.25. The number of urea groups is 1. The Hall–Kier alpha value is -4.15. The molecule has 1 atom stereocenters. The van der Waals surface area contributed by atoms with Crippen molar-refractivity contribution in [3.05, 3.63) is 90.0 Å². The van der Waals surface area contributed by atoms with E-state index in [2.05, 4.69) is 19.9 Å². The number of nitrogens with zero attached hydrogens (tertiary/aromatic N) is 2.